The number of hydrogen-bond donors (Lipinski definition) is 1. The van der Waals surface area contributed by atoms with Crippen LogP contribution in [0.2, 0.25) is 10.0 Å². The molecule has 4 rings (SSSR count). The Bertz CT molecular complexity index is 1180. The highest BCUT2D eigenvalue weighted by atomic mass is 35.5. The molecular weight excluding hydrogens is 419 g/mol. The first kappa shape index (κ1) is 20.3. The second-order valence-electron chi connectivity index (χ2n) is 6.91. The number of benzene rings is 2. The van der Waals surface area contributed by atoms with Crippen LogP contribution >= 0.6 is 23.2 Å². The summed E-state index contributed by atoms with van der Waals surface area (Å²) in [7, 11) is 1.95. The molecule has 0 radical (unpaired) electrons. The predicted octanol–water partition coefficient (Wildman–Crippen LogP) is 5.16. The fourth-order valence-electron chi connectivity index (χ4n) is 3.29. The zero-order valence-electron chi connectivity index (χ0n) is 16.3. The minimum Gasteiger partial charge on any atom is -0.350 e. The molecule has 2 heterocycles. The maximum absolute atomic E-state index is 13.0. The van der Waals surface area contributed by atoms with Crippen molar-refractivity contribution in [3.8, 4) is 17.1 Å². The molecular formula is C23H20Cl2N4O. The van der Waals surface area contributed by atoms with Gasteiger partial charge in [-0.3, -0.25) is 4.79 Å². The van der Waals surface area contributed by atoms with Crippen molar-refractivity contribution in [1.29, 1.82) is 0 Å². The van der Waals surface area contributed by atoms with Gasteiger partial charge in [0.05, 0.1) is 11.4 Å². The van der Waals surface area contributed by atoms with Gasteiger partial charge in [-0.1, -0.05) is 47.5 Å². The summed E-state index contributed by atoms with van der Waals surface area (Å²) in [6.07, 6.45) is 2.55. The van der Waals surface area contributed by atoms with E-state index >= 15 is 0 Å². The summed E-state index contributed by atoms with van der Waals surface area (Å²) in [6, 6.07) is 20.7. The zero-order chi connectivity index (χ0) is 21.1. The molecule has 1 amide bonds. The molecule has 5 nitrogen and oxygen atoms in total. The summed E-state index contributed by atoms with van der Waals surface area (Å²) in [5.41, 5.74) is 3.90. The molecule has 2 aromatic carbocycles. The first-order valence-electron chi connectivity index (χ1n) is 9.52. The normalized spacial score (nSPS) is 10.9. The Balaban J connectivity index is 1.58. The number of aryl methyl sites for hydroxylation is 1. The van der Waals surface area contributed by atoms with Gasteiger partial charge in [-0.15, -0.1) is 0 Å². The van der Waals surface area contributed by atoms with Crippen LogP contribution in [0.4, 0.5) is 0 Å². The van der Waals surface area contributed by atoms with Gasteiger partial charge in [0, 0.05) is 29.8 Å². The quantitative estimate of drug-likeness (QED) is 0.452. The minimum atomic E-state index is -0.197. The van der Waals surface area contributed by atoms with Crippen molar-refractivity contribution in [2.45, 2.75) is 6.42 Å². The molecule has 0 unspecified atom stereocenters. The van der Waals surface area contributed by atoms with Crippen LogP contribution in [0.5, 0.6) is 0 Å². The molecule has 4 aromatic rings. The van der Waals surface area contributed by atoms with E-state index in [1.165, 1.54) is 0 Å². The number of hydrogen-bond acceptors (Lipinski definition) is 2. The lowest BCUT2D eigenvalue weighted by Gasteiger charge is -2.09. The number of amides is 1. The van der Waals surface area contributed by atoms with Crippen molar-refractivity contribution in [3.05, 3.63) is 94.2 Å². The van der Waals surface area contributed by atoms with Crippen LogP contribution in [-0.2, 0) is 13.5 Å². The molecule has 0 fully saturated rings. The molecule has 0 saturated heterocycles. The molecule has 0 aliphatic heterocycles. The Morgan fingerprint density at radius 1 is 1.03 bits per heavy atom. The maximum Gasteiger partial charge on any atom is 0.270 e. The summed E-state index contributed by atoms with van der Waals surface area (Å²) in [5.74, 6) is -0.197. The van der Waals surface area contributed by atoms with E-state index in [9.17, 15) is 4.79 Å². The highest BCUT2D eigenvalue weighted by Crippen LogP contribution is 2.23. The molecule has 0 bridgehead atoms. The molecule has 0 aliphatic carbocycles. The van der Waals surface area contributed by atoms with Crippen LogP contribution in [-0.4, -0.2) is 26.8 Å². The molecule has 30 heavy (non-hydrogen) atoms. The van der Waals surface area contributed by atoms with E-state index in [2.05, 4.69) is 5.32 Å². The monoisotopic (exact) mass is 438 g/mol. The second kappa shape index (κ2) is 8.78. The molecule has 0 aliphatic rings. The summed E-state index contributed by atoms with van der Waals surface area (Å²) in [5, 5.41) is 8.85. The average Bonchev–Trinajstić information content (AvgIpc) is 3.36. The molecule has 2 aromatic heterocycles. The standard InChI is InChI=1S/C23H20Cl2N4O/c1-28-13-5-8-21(28)20-15-22(29(27-20)18-6-3-2-4-7-18)23(30)26-12-11-16-9-10-17(24)14-19(16)25/h2-10,13-15H,11-12H2,1H3,(H,26,30). The van der Waals surface area contributed by atoms with Crippen molar-refractivity contribution < 1.29 is 4.79 Å². The predicted molar refractivity (Wildman–Crippen MR) is 120 cm³/mol. The van der Waals surface area contributed by atoms with E-state index in [0.29, 0.717) is 28.7 Å². The fraction of sp³-hybridized carbons (Fsp3) is 0.130. The molecule has 0 atom stereocenters. The second-order valence-corrected chi connectivity index (χ2v) is 7.75. The van der Waals surface area contributed by atoms with Crippen molar-refractivity contribution in [2.24, 2.45) is 7.05 Å². The van der Waals surface area contributed by atoms with Gasteiger partial charge >= 0.3 is 0 Å². The molecule has 1 N–H and O–H groups in total. The number of carbonyl (C=O) groups excluding carboxylic acids is 1. The van der Waals surface area contributed by atoms with E-state index in [-0.39, 0.29) is 5.91 Å². The lowest BCUT2D eigenvalue weighted by atomic mass is 10.1. The number of nitrogens with zero attached hydrogens (tertiary/aromatic N) is 3. The first-order valence-corrected chi connectivity index (χ1v) is 10.3. The van der Waals surface area contributed by atoms with Crippen LogP contribution in [0, 0.1) is 0 Å². The van der Waals surface area contributed by atoms with Gasteiger partial charge in [-0.05, 0) is 54.4 Å². The van der Waals surface area contributed by atoms with Gasteiger partial charge in [0.25, 0.3) is 5.91 Å². The molecule has 152 valence electrons. The zero-order valence-corrected chi connectivity index (χ0v) is 17.9. The van der Waals surface area contributed by atoms with Gasteiger partial charge in [-0.25, -0.2) is 4.68 Å². The number of nitrogens with one attached hydrogen (secondary N) is 1. The number of carbonyl (C=O) groups is 1. The number of para-hydroxylation sites is 1. The third-order valence-electron chi connectivity index (χ3n) is 4.84. The van der Waals surface area contributed by atoms with Crippen LogP contribution in [0.1, 0.15) is 16.1 Å². The van der Waals surface area contributed by atoms with Crippen LogP contribution in [0.25, 0.3) is 17.1 Å². The van der Waals surface area contributed by atoms with Gasteiger partial charge in [0.1, 0.15) is 11.4 Å². The highest BCUT2D eigenvalue weighted by molar-refractivity contribution is 6.35. The van der Waals surface area contributed by atoms with Crippen LogP contribution in [0.3, 0.4) is 0 Å². The lowest BCUT2D eigenvalue weighted by Crippen LogP contribution is -2.27. The molecule has 7 heteroatoms. The van der Waals surface area contributed by atoms with Gasteiger partial charge in [0.15, 0.2) is 0 Å². The van der Waals surface area contributed by atoms with E-state index in [4.69, 9.17) is 28.3 Å². The number of aromatic nitrogens is 3. The van der Waals surface area contributed by atoms with Gasteiger partial charge < -0.3 is 9.88 Å². The Morgan fingerprint density at radius 2 is 1.83 bits per heavy atom. The molecule has 0 saturated carbocycles. The lowest BCUT2D eigenvalue weighted by molar-refractivity contribution is 0.0946. The molecule has 0 spiro atoms. The SMILES string of the molecule is Cn1cccc1-c1cc(C(=O)NCCc2ccc(Cl)cc2Cl)n(-c2ccccc2)n1. The smallest absolute Gasteiger partial charge is 0.270 e. The third kappa shape index (κ3) is 4.27. The summed E-state index contributed by atoms with van der Waals surface area (Å²) < 4.78 is 3.65. The van der Waals surface area contributed by atoms with E-state index in [1.807, 2.05) is 72.4 Å². The first-order chi connectivity index (χ1) is 14.5. The van der Waals surface area contributed by atoms with E-state index in [1.54, 1.807) is 16.8 Å². The Kier molecular flexibility index (Phi) is 5.93. The van der Waals surface area contributed by atoms with Crippen molar-refractivity contribution in [3.63, 3.8) is 0 Å². The van der Waals surface area contributed by atoms with Gasteiger partial charge in [-0.2, -0.15) is 5.10 Å². The van der Waals surface area contributed by atoms with E-state index in [0.717, 1.165) is 22.6 Å². The van der Waals surface area contributed by atoms with Crippen LogP contribution in [0.15, 0.2) is 72.9 Å². The van der Waals surface area contributed by atoms with Crippen molar-refractivity contribution in [2.75, 3.05) is 6.54 Å². The Labute approximate surface area is 184 Å². The van der Waals surface area contributed by atoms with E-state index < -0.39 is 0 Å². The topological polar surface area (TPSA) is 51.9 Å². The number of halogens is 2. The largest absolute Gasteiger partial charge is 0.350 e. The Hall–Kier alpha value is -3.02. The van der Waals surface area contributed by atoms with Crippen LogP contribution < -0.4 is 5.32 Å². The summed E-state index contributed by atoms with van der Waals surface area (Å²) in [4.78, 5) is 13.0. The summed E-state index contributed by atoms with van der Waals surface area (Å²) >= 11 is 12.2. The van der Waals surface area contributed by atoms with Crippen molar-refractivity contribution in [1.82, 2.24) is 19.7 Å². The minimum absolute atomic E-state index is 0.197. The Morgan fingerprint density at radius 3 is 2.53 bits per heavy atom. The maximum atomic E-state index is 13.0. The average molecular weight is 439 g/mol. The number of rotatable bonds is 6. The van der Waals surface area contributed by atoms with Crippen molar-refractivity contribution >= 4 is 29.1 Å². The third-order valence-corrected chi connectivity index (χ3v) is 5.43. The summed E-state index contributed by atoms with van der Waals surface area (Å²) in [6.45, 7) is 0.444. The highest BCUT2D eigenvalue weighted by Gasteiger charge is 2.18. The fourth-order valence-corrected chi connectivity index (χ4v) is 3.79. The van der Waals surface area contributed by atoms with Gasteiger partial charge in [0.2, 0.25) is 0 Å².